The zero-order chi connectivity index (χ0) is 30.3. The van der Waals surface area contributed by atoms with Crippen LogP contribution in [-0.4, -0.2) is 39.2 Å². The summed E-state index contributed by atoms with van der Waals surface area (Å²) in [7, 11) is -4.23. The molecule has 6 rings (SSSR count). The van der Waals surface area contributed by atoms with Crippen LogP contribution in [0.4, 0.5) is 4.39 Å². The molecule has 1 fully saturated rings. The number of thiazole rings is 1. The highest BCUT2D eigenvalue weighted by Crippen LogP contribution is 2.38. The lowest BCUT2D eigenvalue weighted by molar-refractivity contribution is 0.0691. The highest BCUT2D eigenvalue weighted by Gasteiger charge is 2.29. The van der Waals surface area contributed by atoms with E-state index in [4.69, 9.17) is 14.7 Å². The highest BCUT2D eigenvalue weighted by molar-refractivity contribution is 7.89. The van der Waals surface area contributed by atoms with Crippen molar-refractivity contribution < 1.29 is 27.1 Å². The summed E-state index contributed by atoms with van der Waals surface area (Å²) in [5, 5.41) is 21.4. The number of aromatic carboxylic acids is 1. The quantitative estimate of drug-likeness (QED) is 0.237. The van der Waals surface area contributed by atoms with Crippen LogP contribution < -0.4 is 5.14 Å². The molecule has 0 radical (unpaired) electrons. The van der Waals surface area contributed by atoms with Gasteiger partial charge in [-0.15, -0.1) is 11.3 Å². The van der Waals surface area contributed by atoms with Crippen LogP contribution >= 0.6 is 11.3 Å². The van der Waals surface area contributed by atoms with Gasteiger partial charge in [0.1, 0.15) is 16.5 Å². The number of halogens is 1. The lowest BCUT2D eigenvalue weighted by Gasteiger charge is -2.10. The SMILES string of the molecule is Cc1cnc(C#Cc2cccc(-c3nn(-c4nc(C(=O)O)cs4)c(CC4CC4)c3Cc3ccc(S(N)(=O)=O)c(F)c3)c2)o1. The average molecular weight is 618 g/mol. The predicted octanol–water partition coefficient (Wildman–Crippen LogP) is 4.72. The average Bonchev–Trinajstić information content (AvgIpc) is 3.30. The van der Waals surface area contributed by atoms with E-state index in [1.165, 1.54) is 11.4 Å². The van der Waals surface area contributed by atoms with Crippen LogP contribution in [0.25, 0.3) is 16.4 Å². The fourth-order valence-corrected chi connectivity index (χ4v) is 6.06. The first kappa shape index (κ1) is 28.5. The Morgan fingerprint density at radius 3 is 2.70 bits per heavy atom. The number of benzene rings is 2. The number of hydrogen-bond acceptors (Lipinski definition) is 8. The Balaban J connectivity index is 1.49. The first-order chi connectivity index (χ1) is 20.5. The van der Waals surface area contributed by atoms with E-state index in [0.29, 0.717) is 45.9 Å². The van der Waals surface area contributed by atoms with Crippen molar-refractivity contribution in [3.8, 4) is 28.2 Å². The van der Waals surface area contributed by atoms with E-state index < -0.39 is 26.7 Å². The summed E-state index contributed by atoms with van der Waals surface area (Å²) in [6, 6.07) is 11.3. The first-order valence-corrected chi connectivity index (χ1v) is 15.6. The second kappa shape index (κ2) is 11.2. The number of rotatable bonds is 8. The van der Waals surface area contributed by atoms with Crippen molar-refractivity contribution >= 4 is 27.3 Å². The zero-order valence-electron chi connectivity index (χ0n) is 22.7. The van der Waals surface area contributed by atoms with Gasteiger partial charge in [0.2, 0.25) is 15.2 Å². The van der Waals surface area contributed by atoms with E-state index in [9.17, 15) is 22.7 Å². The minimum Gasteiger partial charge on any atom is -0.476 e. The molecule has 0 saturated heterocycles. The second-order valence-corrected chi connectivity index (χ2v) is 12.6. The summed E-state index contributed by atoms with van der Waals surface area (Å²) in [6.07, 6.45) is 4.56. The Bertz CT molecular complexity index is 2050. The molecule has 13 heteroatoms. The van der Waals surface area contributed by atoms with Crippen molar-refractivity contribution in [1.29, 1.82) is 0 Å². The van der Waals surface area contributed by atoms with Gasteiger partial charge in [-0.2, -0.15) is 5.10 Å². The van der Waals surface area contributed by atoms with Gasteiger partial charge in [-0.1, -0.05) is 24.1 Å². The summed E-state index contributed by atoms with van der Waals surface area (Å²) in [5.41, 5.74) is 4.05. The lowest BCUT2D eigenvalue weighted by Crippen LogP contribution is -2.14. The molecule has 43 heavy (non-hydrogen) atoms. The maximum atomic E-state index is 14.8. The molecule has 5 aromatic rings. The number of nitrogens with zero attached hydrogens (tertiary/aromatic N) is 4. The van der Waals surface area contributed by atoms with Gasteiger partial charge in [-0.05, 0) is 67.9 Å². The Hall–Kier alpha value is -4.64. The zero-order valence-corrected chi connectivity index (χ0v) is 24.4. The summed E-state index contributed by atoms with van der Waals surface area (Å²) in [4.78, 5) is 19.4. The van der Waals surface area contributed by atoms with E-state index in [-0.39, 0.29) is 12.1 Å². The number of hydrogen-bond donors (Lipinski definition) is 2. The van der Waals surface area contributed by atoms with Gasteiger partial charge in [-0.25, -0.2) is 37.4 Å². The summed E-state index contributed by atoms with van der Waals surface area (Å²) < 4.78 is 45.5. The standard InChI is InChI=1S/C30H24FN5O5S2/c1-17-15-33-27(41-17)10-8-18-3-2-4-21(11-18)28-22(12-20-7-9-26(23(31)13-20)43(32,39)40)25(14-19-5-6-19)36(35-28)30-34-24(16-42-30)29(37)38/h2-4,7,9,11,13,15-16,19H,5-6,12,14H2,1H3,(H,37,38)(H2,32,39,40). The monoisotopic (exact) mass is 617 g/mol. The number of oxazole rings is 1. The number of aryl methyl sites for hydroxylation is 1. The van der Waals surface area contributed by atoms with E-state index >= 15 is 0 Å². The minimum absolute atomic E-state index is 0.0873. The van der Waals surface area contributed by atoms with Crippen LogP contribution in [0.5, 0.6) is 0 Å². The molecule has 218 valence electrons. The topological polar surface area (TPSA) is 154 Å². The van der Waals surface area contributed by atoms with Crippen LogP contribution in [0.1, 0.15) is 57.4 Å². The molecule has 0 aliphatic heterocycles. The summed E-state index contributed by atoms with van der Waals surface area (Å²) >= 11 is 1.16. The number of nitrogens with two attached hydrogens (primary N) is 1. The van der Waals surface area contributed by atoms with E-state index in [1.807, 2.05) is 24.3 Å². The molecule has 2 aromatic carbocycles. The molecular weight excluding hydrogens is 593 g/mol. The smallest absolute Gasteiger partial charge is 0.355 e. The first-order valence-electron chi connectivity index (χ1n) is 13.2. The maximum absolute atomic E-state index is 14.8. The number of carboxylic acids is 1. The lowest BCUT2D eigenvalue weighted by atomic mass is 9.96. The van der Waals surface area contributed by atoms with Gasteiger partial charge >= 0.3 is 5.97 Å². The van der Waals surface area contributed by atoms with Crippen LogP contribution in [0.2, 0.25) is 0 Å². The van der Waals surface area contributed by atoms with Crippen LogP contribution in [-0.2, 0) is 22.9 Å². The molecule has 3 N–H and O–H groups in total. The number of carboxylic acid groups (broad SMARTS) is 1. The van der Waals surface area contributed by atoms with Crippen molar-refractivity contribution in [3.05, 3.63) is 99.6 Å². The van der Waals surface area contributed by atoms with Crippen LogP contribution in [0.15, 0.2) is 63.4 Å². The molecule has 0 amide bonds. The van der Waals surface area contributed by atoms with Gasteiger partial charge < -0.3 is 9.52 Å². The number of aromatic nitrogens is 4. The number of sulfonamides is 1. The molecule has 1 saturated carbocycles. The summed E-state index contributed by atoms with van der Waals surface area (Å²) in [6.45, 7) is 1.78. The predicted molar refractivity (Wildman–Crippen MR) is 156 cm³/mol. The van der Waals surface area contributed by atoms with E-state index in [0.717, 1.165) is 53.1 Å². The molecule has 0 atom stereocenters. The number of carbonyl (C=O) groups is 1. The van der Waals surface area contributed by atoms with Gasteiger partial charge in [0.15, 0.2) is 5.69 Å². The van der Waals surface area contributed by atoms with Gasteiger partial charge in [0.25, 0.3) is 5.89 Å². The summed E-state index contributed by atoms with van der Waals surface area (Å²) in [5.74, 6) is 5.25. The molecule has 3 aromatic heterocycles. The minimum atomic E-state index is -4.23. The van der Waals surface area contributed by atoms with Gasteiger partial charge in [-0.3, -0.25) is 0 Å². The van der Waals surface area contributed by atoms with E-state index in [1.54, 1.807) is 17.8 Å². The van der Waals surface area contributed by atoms with Crippen molar-refractivity contribution in [3.63, 3.8) is 0 Å². The molecule has 3 heterocycles. The van der Waals surface area contributed by atoms with Crippen molar-refractivity contribution in [2.24, 2.45) is 11.1 Å². The van der Waals surface area contributed by atoms with Gasteiger partial charge in [0.05, 0.1) is 17.6 Å². The fraction of sp³-hybridized carbons (Fsp3) is 0.200. The third-order valence-corrected chi connectivity index (χ3v) is 8.68. The largest absolute Gasteiger partial charge is 0.476 e. The van der Waals surface area contributed by atoms with Crippen molar-refractivity contribution in [1.82, 2.24) is 19.7 Å². The maximum Gasteiger partial charge on any atom is 0.355 e. The highest BCUT2D eigenvalue weighted by atomic mass is 32.2. The van der Waals surface area contributed by atoms with Gasteiger partial charge in [0, 0.05) is 28.5 Å². The molecule has 0 spiro atoms. The van der Waals surface area contributed by atoms with E-state index in [2.05, 4.69) is 21.8 Å². The fourth-order valence-electron chi connectivity index (χ4n) is 4.70. The Morgan fingerprint density at radius 2 is 2.05 bits per heavy atom. The van der Waals surface area contributed by atoms with Crippen LogP contribution in [0.3, 0.4) is 0 Å². The van der Waals surface area contributed by atoms with Crippen molar-refractivity contribution in [2.75, 3.05) is 0 Å². The molecule has 0 bridgehead atoms. The Kier molecular flexibility index (Phi) is 7.43. The Morgan fingerprint density at radius 1 is 1.23 bits per heavy atom. The van der Waals surface area contributed by atoms with Crippen molar-refractivity contribution in [2.45, 2.75) is 37.5 Å². The molecular formula is C30H24FN5O5S2. The Labute approximate surface area is 250 Å². The third-order valence-electron chi connectivity index (χ3n) is 6.92. The molecule has 1 aliphatic rings. The molecule has 1 aliphatic carbocycles. The third kappa shape index (κ3) is 6.26. The normalized spacial score (nSPS) is 13.1. The molecule has 10 nitrogen and oxygen atoms in total. The van der Waals surface area contributed by atoms with Crippen LogP contribution in [0, 0.1) is 30.5 Å². The number of primary sulfonamides is 1. The second-order valence-electron chi connectivity index (χ2n) is 10.2. The molecule has 0 unspecified atom stereocenters.